The normalized spacial score (nSPS) is 11.5. The Balaban J connectivity index is 1.08. The second kappa shape index (κ2) is 15.3. The highest BCUT2D eigenvalue weighted by molar-refractivity contribution is 6.12. The number of aromatic nitrogens is 3. The summed E-state index contributed by atoms with van der Waals surface area (Å²) >= 11 is 0. The van der Waals surface area contributed by atoms with Gasteiger partial charge in [-0.1, -0.05) is 176 Å². The number of benzene rings is 9. The summed E-state index contributed by atoms with van der Waals surface area (Å²) < 4.78 is 2.39. The largest absolute Gasteiger partial charge is 0.309 e. The van der Waals surface area contributed by atoms with Gasteiger partial charge in [0.05, 0.1) is 33.8 Å². The summed E-state index contributed by atoms with van der Waals surface area (Å²) in [7, 11) is 0. The smallest absolute Gasteiger partial charge is 0.0721 e. The first kappa shape index (κ1) is 36.5. The number of para-hydroxylation sites is 1. The Morgan fingerprint density at radius 2 is 0.651 bits per heavy atom. The van der Waals surface area contributed by atoms with Crippen LogP contribution in [0.3, 0.4) is 0 Å². The molecule has 3 aromatic heterocycles. The van der Waals surface area contributed by atoms with Gasteiger partial charge in [0.25, 0.3) is 0 Å². The van der Waals surface area contributed by atoms with Gasteiger partial charge in [0.15, 0.2) is 0 Å². The van der Waals surface area contributed by atoms with Gasteiger partial charge in [0, 0.05) is 38.7 Å². The molecular formula is C60H39N3. The third-order valence-corrected chi connectivity index (χ3v) is 12.4. The fraction of sp³-hybridized carbons (Fsp3) is 0. The molecule has 0 radical (unpaired) electrons. The molecule has 0 N–H and O–H groups in total. The van der Waals surface area contributed by atoms with Crippen molar-refractivity contribution >= 4 is 43.4 Å². The minimum Gasteiger partial charge on any atom is -0.309 e. The third kappa shape index (κ3) is 6.55. The van der Waals surface area contributed by atoms with Crippen LogP contribution in [0.1, 0.15) is 0 Å². The van der Waals surface area contributed by atoms with E-state index in [0.29, 0.717) is 0 Å². The molecule has 0 aliphatic heterocycles. The van der Waals surface area contributed by atoms with Crippen molar-refractivity contribution in [1.82, 2.24) is 14.5 Å². The first-order chi connectivity index (χ1) is 31.2. The highest BCUT2D eigenvalue weighted by Gasteiger charge is 2.18. The quantitative estimate of drug-likeness (QED) is 0.161. The Hall–Kier alpha value is -8.40. The zero-order valence-corrected chi connectivity index (χ0v) is 34.4. The summed E-state index contributed by atoms with van der Waals surface area (Å²) in [5.41, 5.74) is 16.1. The van der Waals surface area contributed by atoms with Gasteiger partial charge in [-0.2, -0.15) is 0 Å². The van der Waals surface area contributed by atoms with Crippen molar-refractivity contribution in [3.63, 3.8) is 0 Å². The van der Waals surface area contributed by atoms with E-state index in [2.05, 4.69) is 241 Å². The van der Waals surface area contributed by atoms with Crippen LogP contribution in [-0.2, 0) is 0 Å². The number of pyridine rings is 2. The van der Waals surface area contributed by atoms with Crippen molar-refractivity contribution in [2.24, 2.45) is 0 Å². The van der Waals surface area contributed by atoms with E-state index >= 15 is 0 Å². The Morgan fingerprint density at radius 3 is 1.13 bits per heavy atom. The van der Waals surface area contributed by atoms with Crippen LogP contribution in [0.15, 0.2) is 237 Å². The van der Waals surface area contributed by atoms with Crippen LogP contribution in [0.25, 0.3) is 116 Å². The maximum Gasteiger partial charge on any atom is 0.0721 e. The summed E-state index contributed by atoms with van der Waals surface area (Å²) in [6.07, 6.45) is 0. The minimum atomic E-state index is 0.944. The van der Waals surface area contributed by atoms with Gasteiger partial charge in [-0.25, -0.2) is 9.97 Å². The van der Waals surface area contributed by atoms with Crippen molar-refractivity contribution in [2.45, 2.75) is 0 Å². The molecule has 0 spiro atoms. The molecule has 0 fully saturated rings. The number of rotatable bonds is 7. The van der Waals surface area contributed by atoms with Crippen molar-refractivity contribution in [2.75, 3.05) is 0 Å². The SMILES string of the molecule is c1ccc(-c2cc(-c3ccc4c(c3)c3cc(-c5cc(-c6ccccc6)nc(-c6cccc7ccccc67)c5)ccc3n4-c3ccccc3)cc(-c3cccc4ccccc34)n2)cc1. The van der Waals surface area contributed by atoms with E-state index in [1.807, 2.05) is 0 Å². The van der Waals surface area contributed by atoms with Crippen molar-refractivity contribution in [3.8, 4) is 73.0 Å². The molecule has 12 aromatic rings. The highest BCUT2D eigenvalue weighted by atomic mass is 15.0. The van der Waals surface area contributed by atoms with E-state index < -0.39 is 0 Å². The lowest BCUT2D eigenvalue weighted by Gasteiger charge is -2.13. The fourth-order valence-electron chi connectivity index (χ4n) is 9.32. The number of fused-ring (bicyclic) bond motifs is 5. The van der Waals surface area contributed by atoms with Gasteiger partial charge in [0.2, 0.25) is 0 Å². The molecule has 3 heteroatoms. The number of nitrogens with zero attached hydrogens (tertiary/aromatic N) is 3. The molecule has 0 bridgehead atoms. The van der Waals surface area contributed by atoms with Gasteiger partial charge in [0.1, 0.15) is 0 Å². The van der Waals surface area contributed by atoms with E-state index in [4.69, 9.17) is 9.97 Å². The molecule has 0 aliphatic carbocycles. The lowest BCUT2D eigenvalue weighted by Crippen LogP contribution is -1.94. The molecule has 12 rings (SSSR count). The summed E-state index contributed by atoms with van der Waals surface area (Å²) in [6.45, 7) is 0. The molecule has 0 unspecified atom stereocenters. The van der Waals surface area contributed by atoms with E-state index in [0.717, 1.165) is 84.0 Å². The summed E-state index contributed by atoms with van der Waals surface area (Å²) in [5.74, 6) is 0. The van der Waals surface area contributed by atoms with Gasteiger partial charge in [-0.3, -0.25) is 0 Å². The summed E-state index contributed by atoms with van der Waals surface area (Å²) in [5, 5.41) is 7.14. The molecule has 3 heterocycles. The Labute approximate surface area is 365 Å². The Morgan fingerprint density at radius 1 is 0.254 bits per heavy atom. The van der Waals surface area contributed by atoms with E-state index in [1.54, 1.807) is 0 Å². The molecule has 294 valence electrons. The van der Waals surface area contributed by atoms with Gasteiger partial charge >= 0.3 is 0 Å². The molecule has 63 heavy (non-hydrogen) atoms. The van der Waals surface area contributed by atoms with Gasteiger partial charge in [-0.05, 0) is 104 Å². The molecule has 0 saturated carbocycles. The molecule has 0 saturated heterocycles. The maximum atomic E-state index is 5.32. The molecule has 0 atom stereocenters. The third-order valence-electron chi connectivity index (χ3n) is 12.4. The van der Waals surface area contributed by atoms with Gasteiger partial charge < -0.3 is 4.57 Å². The molecular weight excluding hydrogens is 763 g/mol. The lowest BCUT2D eigenvalue weighted by atomic mass is 9.95. The van der Waals surface area contributed by atoms with Crippen LogP contribution >= 0.6 is 0 Å². The molecule has 3 nitrogen and oxygen atoms in total. The lowest BCUT2D eigenvalue weighted by molar-refractivity contribution is 1.18. The van der Waals surface area contributed by atoms with E-state index in [9.17, 15) is 0 Å². The zero-order chi connectivity index (χ0) is 41.7. The summed E-state index contributed by atoms with van der Waals surface area (Å²) in [6, 6.07) is 84.7. The van der Waals surface area contributed by atoms with Crippen LogP contribution in [0.5, 0.6) is 0 Å². The first-order valence-electron chi connectivity index (χ1n) is 21.5. The van der Waals surface area contributed by atoms with Crippen LogP contribution in [0, 0.1) is 0 Å². The topological polar surface area (TPSA) is 30.7 Å². The summed E-state index contributed by atoms with van der Waals surface area (Å²) in [4.78, 5) is 10.6. The zero-order valence-electron chi connectivity index (χ0n) is 34.4. The monoisotopic (exact) mass is 801 g/mol. The standard InChI is InChI=1S/C60H39N3/c1-4-18-42(19-5-1)55-36-46(38-57(61-55)51-28-14-22-40-16-10-12-26-49(40)51)44-30-32-59-53(34-44)54-35-45(31-33-60(54)63(59)48-24-8-3-9-25-48)47-37-56(43-20-6-2-7-21-43)62-58(39-47)52-29-15-23-41-17-11-13-27-50(41)52/h1-39H. The Bertz CT molecular complexity index is 3430. The van der Waals surface area contributed by atoms with Crippen molar-refractivity contribution < 1.29 is 0 Å². The second-order valence-electron chi connectivity index (χ2n) is 16.2. The van der Waals surface area contributed by atoms with Crippen molar-refractivity contribution in [1.29, 1.82) is 0 Å². The second-order valence-corrected chi connectivity index (χ2v) is 16.2. The first-order valence-corrected chi connectivity index (χ1v) is 21.5. The van der Waals surface area contributed by atoms with Crippen molar-refractivity contribution in [3.05, 3.63) is 237 Å². The van der Waals surface area contributed by atoms with Gasteiger partial charge in [-0.15, -0.1) is 0 Å². The maximum absolute atomic E-state index is 5.32. The number of hydrogen-bond acceptors (Lipinski definition) is 2. The molecule has 0 aliphatic rings. The molecule has 0 amide bonds. The van der Waals surface area contributed by atoms with Crippen LogP contribution in [0.2, 0.25) is 0 Å². The number of hydrogen-bond donors (Lipinski definition) is 0. The predicted octanol–water partition coefficient (Wildman–Crippen LogP) is 15.9. The van der Waals surface area contributed by atoms with Crippen LogP contribution < -0.4 is 0 Å². The highest BCUT2D eigenvalue weighted by Crippen LogP contribution is 2.41. The average Bonchev–Trinajstić information content (AvgIpc) is 3.69. The minimum absolute atomic E-state index is 0.944. The predicted molar refractivity (Wildman–Crippen MR) is 264 cm³/mol. The van der Waals surface area contributed by atoms with E-state index in [-0.39, 0.29) is 0 Å². The van der Waals surface area contributed by atoms with E-state index in [1.165, 1.54) is 32.3 Å². The molecule has 9 aromatic carbocycles. The Kier molecular flexibility index (Phi) is 8.83. The van der Waals surface area contributed by atoms with Crippen LogP contribution in [0.4, 0.5) is 0 Å². The van der Waals surface area contributed by atoms with Crippen LogP contribution in [-0.4, -0.2) is 14.5 Å². The fourth-order valence-corrected chi connectivity index (χ4v) is 9.32. The average molecular weight is 802 g/mol.